The van der Waals surface area contributed by atoms with Gasteiger partial charge in [0.1, 0.15) is 0 Å². The molecule has 0 heterocycles. The number of rotatable bonds is 4. The van der Waals surface area contributed by atoms with Crippen LogP contribution in [0, 0.1) is 0 Å². The van der Waals surface area contributed by atoms with Gasteiger partial charge in [0.15, 0.2) is 5.78 Å². The summed E-state index contributed by atoms with van der Waals surface area (Å²) in [6.45, 7) is 7.67. The van der Waals surface area contributed by atoms with Crippen LogP contribution in [0.5, 0.6) is 0 Å². The molecule has 0 aromatic rings. The Morgan fingerprint density at radius 2 is 2.09 bits per heavy atom. The molecule has 0 saturated heterocycles. The third kappa shape index (κ3) is 5.64. The smallest absolute Gasteiger partial charge is 0.154 e. The van der Waals surface area contributed by atoms with Gasteiger partial charge in [-0.05, 0) is 33.3 Å². The molecule has 64 valence electrons. The highest BCUT2D eigenvalue weighted by Gasteiger charge is 1.96. The molecule has 1 unspecified atom stereocenters. The number of hydrogen-bond acceptors (Lipinski definition) is 2. The van der Waals surface area contributed by atoms with Crippen molar-refractivity contribution in [2.24, 2.45) is 0 Å². The average Bonchev–Trinajstić information content (AvgIpc) is 1.85. The molecule has 0 spiro atoms. The van der Waals surface area contributed by atoms with Crippen LogP contribution in [-0.2, 0) is 4.79 Å². The molecule has 0 aliphatic rings. The molecule has 0 radical (unpaired) electrons. The number of hydrogen-bond donors (Lipinski definition) is 1. The Hall–Kier alpha value is -0.790. The zero-order chi connectivity index (χ0) is 8.85. The molecule has 0 aliphatic heterocycles. The molecule has 0 aromatic carbocycles. The first-order valence-electron chi connectivity index (χ1n) is 4.01. The third-order valence-electron chi connectivity index (χ3n) is 1.51. The summed E-state index contributed by atoms with van der Waals surface area (Å²) in [5.41, 5.74) is 0.951. The van der Waals surface area contributed by atoms with E-state index in [9.17, 15) is 4.79 Å². The molecule has 1 atom stereocenters. The van der Waals surface area contributed by atoms with Crippen LogP contribution < -0.4 is 5.32 Å². The monoisotopic (exact) mass is 155 g/mol. The Morgan fingerprint density at radius 3 is 2.45 bits per heavy atom. The molecule has 0 aromatic heterocycles. The van der Waals surface area contributed by atoms with Gasteiger partial charge in [0.2, 0.25) is 0 Å². The fraction of sp³-hybridized carbons (Fsp3) is 0.667. The highest BCUT2D eigenvalue weighted by atomic mass is 16.1. The van der Waals surface area contributed by atoms with Crippen LogP contribution >= 0.6 is 0 Å². The molecule has 1 N–H and O–H groups in total. The van der Waals surface area contributed by atoms with Gasteiger partial charge in [-0.3, -0.25) is 4.79 Å². The maximum Gasteiger partial charge on any atom is 0.154 e. The predicted molar refractivity (Wildman–Crippen MR) is 47.3 cm³/mol. The van der Waals surface area contributed by atoms with Crippen LogP contribution in [0.2, 0.25) is 0 Å². The number of nitrogens with one attached hydrogen (secondary N) is 1. The van der Waals surface area contributed by atoms with Crippen LogP contribution in [0.25, 0.3) is 0 Å². The van der Waals surface area contributed by atoms with Crippen molar-refractivity contribution in [3.05, 3.63) is 11.8 Å². The highest BCUT2D eigenvalue weighted by Crippen LogP contribution is 1.94. The first kappa shape index (κ1) is 10.2. The van der Waals surface area contributed by atoms with E-state index in [4.69, 9.17) is 0 Å². The summed E-state index contributed by atoms with van der Waals surface area (Å²) in [5.74, 6) is 0.0957. The standard InChI is InChI=1S/C9H17NO/c1-5-7(2)10-8(3)6-9(4)11/h6-7,10H,5H2,1-4H3/b8-6-. The van der Waals surface area contributed by atoms with E-state index in [2.05, 4.69) is 19.2 Å². The van der Waals surface area contributed by atoms with Gasteiger partial charge in [-0.2, -0.15) is 0 Å². The second-order valence-corrected chi connectivity index (χ2v) is 2.89. The number of ketones is 1. The molecule has 0 fully saturated rings. The molecule has 0 saturated carbocycles. The van der Waals surface area contributed by atoms with E-state index in [0.717, 1.165) is 12.1 Å². The van der Waals surface area contributed by atoms with Gasteiger partial charge < -0.3 is 5.32 Å². The van der Waals surface area contributed by atoms with Crippen molar-refractivity contribution in [1.82, 2.24) is 5.32 Å². The SMILES string of the molecule is CCC(C)N/C(C)=C\C(C)=O. The average molecular weight is 155 g/mol. The molecular weight excluding hydrogens is 138 g/mol. The van der Waals surface area contributed by atoms with Gasteiger partial charge >= 0.3 is 0 Å². The Balaban J connectivity index is 3.85. The van der Waals surface area contributed by atoms with Crippen LogP contribution in [0.4, 0.5) is 0 Å². The zero-order valence-electron chi connectivity index (χ0n) is 7.77. The quantitative estimate of drug-likeness (QED) is 0.628. The first-order valence-corrected chi connectivity index (χ1v) is 4.01. The van der Waals surface area contributed by atoms with E-state index >= 15 is 0 Å². The summed E-state index contributed by atoms with van der Waals surface area (Å²) in [4.78, 5) is 10.6. The molecular formula is C9H17NO. The molecule has 11 heavy (non-hydrogen) atoms. The summed E-state index contributed by atoms with van der Waals surface area (Å²) in [7, 11) is 0. The van der Waals surface area contributed by atoms with Gasteiger partial charge in [-0.25, -0.2) is 0 Å². The Bertz CT molecular complexity index is 161. The Kier molecular flexibility index (Phi) is 4.59. The summed E-state index contributed by atoms with van der Waals surface area (Å²) >= 11 is 0. The normalized spacial score (nSPS) is 14.4. The molecule has 2 heteroatoms. The maximum atomic E-state index is 10.6. The van der Waals surface area contributed by atoms with Crippen molar-refractivity contribution < 1.29 is 4.79 Å². The summed E-state index contributed by atoms with van der Waals surface area (Å²) in [6.07, 6.45) is 2.69. The number of carbonyl (C=O) groups excluding carboxylic acids is 1. The van der Waals surface area contributed by atoms with Crippen LogP contribution in [0.3, 0.4) is 0 Å². The van der Waals surface area contributed by atoms with Crippen LogP contribution in [-0.4, -0.2) is 11.8 Å². The molecule has 0 amide bonds. The lowest BCUT2D eigenvalue weighted by atomic mass is 10.2. The second kappa shape index (κ2) is 4.94. The van der Waals surface area contributed by atoms with Crippen molar-refractivity contribution in [3.8, 4) is 0 Å². The van der Waals surface area contributed by atoms with Gasteiger partial charge in [0, 0.05) is 11.7 Å². The lowest BCUT2D eigenvalue weighted by Crippen LogP contribution is -2.23. The van der Waals surface area contributed by atoms with E-state index < -0.39 is 0 Å². The summed E-state index contributed by atoms with van der Waals surface area (Å²) < 4.78 is 0. The fourth-order valence-corrected chi connectivity index (χ4v) is 0.837. The van der Waals surface area contributed by atoms with E-state index in [1.807, 2.05) is 6.92 Å². The van der Waals surface area contributed by atoms with E-state index in [1.165, 1.54) is 0 Å². The second-order valence-electron chi connectivity index (χ2n) is 2.89. The van der Waals surface area contributed by atoms with Crippen molar-refractivity contribution in [1.29, 1.82) is 0 Å². The van der Waals surface area contributed by atoms with Gasteiger partial charge in [0.25, 0.3) is 0 Å². The number of carbonyl (C=O) groups is 1. The summed E-state index contributed by atoms with van der Waals surface area (Å²) in [6, 6.07) is 0.450. The lowest BCUT2D eigenvalue weighted by molar-refractivity contribution is -0.112. The Morgan fingerprint density at radius 1 is 1.55 bits per heavy atom. The van der Waals surface area contributed by atoms with Crippen LogP contribution in [0.15, 0.2) is 11.8 Å². The first-order chi connectivity index (χ1) is 5.06. The maximum absolute atomic E-state index is 10.6. The largest absolute Gasteiger partial charge is 0.386 e. The lowest BCUT2D eigenvalue weighted by Gasteiger charge is -2.12. The molecule has 0 rings (SSSR count). The van der Waals surface area contributed by atoms with E-state index in [-0.39, 0.29) is 5.78 Å². The van der Waals surface area contributed by atoms with Crippen molar-refractivity contribution >= 4 is 5.78 Å². The predicted octanol–water partition coefficient (Wildman–Crippen LogP) is 1.87. The fourth-order valence-electron chi connectivity index (χ4n) is 0.837. The van der Waals surface area contributed by atoms with Crippen molar-refractivity contribution in [2.75, 3.05) is 0 Å². The van der Waals surface area contributed by atoms with Gasteiger partial charge in [-0.1, -0.05) is 6.92 Å². The van der Waals surface area contributed by atoms with Crippen molar-refractivity contribution in [2.45, 2.75) is 40.2 Å². The minimum atomic E-state index is 0.0957. The minimum Gasteiger partial charge on any atom is -0.386 e. The van der Waals surface area contributed by atoms with Gasteiger partial charge in [-0.15, -0.1) is 0 Å². The zero-order valence-corrected chi connectivity index (χ0v) is 7.77. The van der Waals surface area contributed by atoms with Gasteiger partial charge in [0.05, 0.1) is 0 Å². The van der Waals surface area contributed by atoms with Crippen molar-refractivity contribution in [3.63, 3.8) is 0 Å². The Labute approximate surface area is 68.7 Å². The summed E-state index contributed by atoms with van der Waals surface area (Å²) in [5, 5.41) is 3.20. The third-order valence-corrected chi connectivity index (χ3v) is 1.51. The highest BCUT2D eigenvalue weighted by molar-refractivity contribution is 5.87. The molecule has 0 aliphatic carbocycles. The van der Waals surface area contributed by atoms with Crippen LogP contribution in [0.1, 0.15) is 34.1 Å². The topological polar surface area (TPSA) is 29.1 Å². The molecule has 2 nitrogen and oxygen atoms in total. The van der Waals surface area contributed by atoms with E-state index in [0.29, 0.717) is 6.04 Å². The number of allylic oxidation sites excluding steroid dienone is 2. The van der Waals surface area contributed by atoms with E-state index in [1.54, 1.807) is 13.0 Å². The minimum absolute atomic E-state index is 0.0957. The molecule has 0 bridgehead atoms.